The van der Waals surface area contributed by atoms with E-state index in [0.717, 1.165) is 5.56 Å². The summed E-state index contributed by atoms with van der Waals surface area (Å²) in [6, 6.07) is 8.17. The number of thiophene rings is 1. The van der Waals surface area contributed by atoms with Crippen LogP contribution in [0.4, 0.5) is 5.13 Å². The van der Waals surface area contributed by atoms with Crippen molar-refractivity contribution in [2.24, 2.45) is 0 Å². The van der Waals surface area contributed by atoms with Crippen LogP contribution in [0.3, 0.4) is 0 Å². The number of anilines is 1. The summed E-state index contributed by atoms with van der Waals surface area (Å²) >= 11 is 3.22. The molecule has 0 aliphatic rings. The SMILES string of the molecule is CC(C)c1cnc(NC(=O)Cc2csc3ccccc23)s1. The van der Waals surface area contributed by atoms with E-state index in [-0.39, 0.29) is 5.91 Å². The summed E-state index contributed by atoms with van der Waals surface area (Å²) in [5.74, 6) is 0.428. The molecular formula is C16H16N2OS2. The fourth-order valence-corrected chi connectivity index (χ4v) is 3.91. The Kier molecular flexibility index (Phi) is 4.03. The Bertz CT molecular complexity index is 773. The van der Waals surface area contributed by atoms with Crippen molar-refractivity contribution in [1.82, 2.24) is 4.98 Å². The zero-order valence-electron chi connectivity index (χ0n) is 11.9. The Morgan fingerprint density at radius 3 is 2.90 bits per heavy atom. The number of aromatic nitrogens is 1. The van der Waals surface area contributed by atoms with E-state index in [9.17, 15) is 4.79 Å². The highest BCUT2D eigenvalue weighted by Gasteiger charge is 2.11. The Balaban J connectivity index is 1.71. The van der Waals surface area contributed by atoms with Gasteiger partial charge in [-0.2, -0.15) is 0 Å². The first-order valence-corrected chi connectivity index (χ1v) is 8.54. The van der Waals surface area contributed by atoms with Crippen LogP contribution in [0.2, 0.25) is 0 Å². The van der Waals surface area contributed by atoms with E-state index in [1.165, 1.54) is 15.0 Å². The van der Waals surface area contributed by atoms with Gasteiger partial charge in [0, 0.05) is 15.8 Å². The number of rotatable bonds is 4. The van der Waals surface area contributed by atoms with Gasteiger partial charge in [0.05, 0.1) is 6.42 Å². The lowest BCUT2D eigenvalue weighted by molar-refractivity contribution is -0.115. The fourth-order valence-electron chi connectivity index (χ4n) is 2.12. The van der Waals surface area contributed by atoms with E-state index in [0.29, 0.717) is 17.5 Å². The summed E-state index contributed by atoms with van der Waals surface area (Å²) < 4.78 is 1.22. The van der Waals surface area contributed by atoms with Crippen molar-refractivity contribution in [1.29, 1.82) is 0 Å². The largest absolute Gasteiger partial charge is 0.302 e. The number of thiazole rings is 1. The Morgan fingerprint density at radius 2 is 2.14 bits per heavy atom. The lowest BCUT2D eigenvalue weighted by Crippen LogP contribution is -2.13. The van der Waals surface area contributed by atoms with Crippen molar-refractivity contribution in [3.05, 3.63) is 46.3 Å². The highest BCUT2D eigenvalue weighted by Crippen LogP contribution is 2.27. The van der Waals surface area contributed by atoms with Crippen molar-refractivity contribution in [3.63, 3.8) is 0 Å². The number of carbonyl (C=O) groups is 1. The van der Waals surface area contributed by atoms with E-state index >= 15 is 0 Å². The molecule has 0 aliphatic heterocycles. The van der Waals surface area contributed by atoms with Gasteiger partial charge in [0.1, 0.15) is 0 Å². The molecule has 3 rings (SSSR count). The van der Waals surface area contributed by atoms with Crippen molar-refractivity contribution in [2.45, 2.75) is 26.2 Å². The Morgan fingerprint density at radius 1 is 1.33 bits per heavy atom. The molecule has 0 spiro atoms. The van der Waals surface area contributed by atoms with Crippen molar-refractivity contribution in [3.8, 4) is 0 Å². The van der Waals surface area contributed by atoms with Gasteiger partial charge in [0.25, 0.3) is 0 Å². The number of hydrogen-bond donors (Lipinski definition) is 1. The van der Waals surface area contributed by atoms with Gasteiger partial charge in [-0.1, -0.05) is 32.0 Å². The maximum absolute atomic E-state index is 12.2. The molecule has 5 heteroatoms. The van der Waals surface area contributed by atoms with Gasteiger partial charge >= 0.3 is 0 Å². The van der Waals surface area contributed by atoms with Crippen LogP contribution in [0.15, 0.2) is 35.8 Å². The van der Waals surface area contributed by atoms with Gasteiger partial charge in [0.2, 0.25) is 5.91 Å². The first-order valence-electron chi connectivity index (χ1n) is 6.84. The Labute approximate surface area is 131 Å². The molecule has 0 radical (unpaired) electrons. The summed E-state index contributed by atoms with van der Waals surface area (Å²) in [7, 11) is 0. The average molecular weight is 316 g/mol. The highest BCUT2D eigenvalue weighted by molar-refractivity contribution is 7.17. The minimum absolute atomic E-state index is 0.0109. The zero-order valence-corrected chi connectivity index (χ0v) is 13.6. The van der Waals surface area contributed by atoms with Gasteiger partial charge < -0.3 is 5.32 Å². The quantitative estimate of drug-likeness (QED) is 0.760. The third-order valence-corrected chi connectivity index (χ3v) is 5.48. The molecule has 2 heterocycles. The normalized spacial score (nSPS) is 11.2. The van der Waals surface area contributed by atoms with Gasteiger partial charge in [0.15, 0.2) is 5.13 Å². The van der Waals surface area contributed by atoms with Crippen molar-refractivity contribution >= 4 is 43.8 Å². The zero-order chi connectivity index (χ0) is 14.8. The second kappa shape index (κ2) is 5.95. The Hall–Kier alpha value is -1.72. The molecule has 2 aromatic heterocycles. The summed E-state index contributed by atoms with van der Waals surface area (Å²) in [4.78, 5) is 17.6. The molecule has 0 aliphatic carbocycles. The van der Waals surface area contributed by atoms with Crippen LogP contribution in [0.25, 0.3) is 10.1 Å². The summed E-state index contributed by atoms with van der Waals surface area (Å²) in [6.45, 7) is 4.24. The second-order valence-corrected chi connectivity index (χ2v) is 7.18. The molecule has 0 unspecified atom stereocenters. The minimum Gasteiger partial charge on any atom is -0.302 e. The fraction of sp³-hybridized carbons (Fsp3) is 0.250. The van der Waals surface area contributed by atoms with E-state index < -0.39 is 0 Å². The number of nitrogens with zero attached hydrogens (tertiary/aromatic N) is 1. The predicted molar refractivity (Wildman–Crippen MR) is 90.4 cm³/mol. The predicted octanol–water partition coefficient (Wildman–Crippen LogP) is 4.66. The molecular weight excluding hydrogens is 300 g/mol. The van der Waals surface area contributed by atoms with E-state index in [2.05, 4.69) is 41.7 Å². The summed E-state index contributed by atoms with van der Waals surface area (Å²) in [5.41, 5.74) is 1.08. The van der Waals surface area contributed by atoms with E-state index in [1.807, 2.05) is 18.3 Å². The molecule has 108 valence electrons. The number of fused-ring (bicyclic) bond motifs is 1. The number of carbonyl (C=O) groups excluding carboxylic acids is 1. The average Bonchev–Trinajstić information content (AvgIpc) is 3.07. The molecule has 0 saturated heterocycles. The third kappa shape index (κ3) is 3.14. The van der Waals surface area contributed by atoms with Gasteiger partial charge in [-0.3, -0.25) is 4.79 Å². The van der Waals surface area contributed by atoms with Crippen LogP contribution in [0, 0.1) is 0 Å². The third-order valence-electron chi connectivity index (χ3n) is 3.25. The maximum Gasteiger partial charge on any atom is 0.230 e. The summed E-state index contributed by atoms with van der Waals surface area (Å²) in [6.07, 6.45) is 2.23. The molecule has 3 nitrogen and oxygen atoms in total. The molecule has 1 aromatic carbocycles. The standard InChI is InChI=1S/C16H16N2OS2/c1-10(2)14-8-17-16(21-14)18-15(19)7-11-9-20-13-6-4-3-5-12(11)13/h3-6,8-10H,7H2,1-2H3,(H,17,18,19). The van der Waals surface area contributed by atoms with Gasteiger partial charge in [-0.25, -0.2) is 4.98 Å². The van der Waals surface area contributed by atoms with Crippen LogP contribution in [0.1, 0.15) is 30.2 Å². The van der Waals surface area contributed by atoms with Crippen LogP contribution >= 0.6 is 22.7 Å². The van der Waals surface area contributed by atoms with Gasteiger partial charge in [-0.05, 0) is 28.3 Å². The monoisotopic (exact) mass is 316 g/mol. The number of amides is 1. The molecule has 0 fully saturated rings. The van der Waals surface area contributed by atoms with Crippen LogP contribution < -0.4 is 5.32 Å². The van der Waals surface area contributed by atoms with Crippen molar-refractivity contribution < 1.29 is 4.79 Å². The first kappa shape index (κ1) is 14.2. The second-order valence-electron chi connectivity index (χ2n) is 5.20. The van der Waals surface area contributed by atoms with Crippen LogP contribution in [-0.2, 0) is 11.2 Å². The first-order chi connectivity index (χ1) is 10.1. The van der Waals surface area contributed by atoms with Crippen LogP contribution in [0.5, 0.6) is 0 Å². The molecule has 1 amide bonds. The molecule has 21 heavy (non-hydrogen) atoms. The highest BCUT2D eigenvalue weighted by atomic mass is 32.1. The molecule has 1 N–H and O–H groups in total. The minimum atomic E-state index is -0.0109. The maximum atomic E-state index is 12.2. The lowest BCUT2D eigenvalue weighted by Gasteiger charge is -2.01. The van der Waals surface area contributed by atoms with E-state index in [4.69, 9.17) is 0 Å². The van der Waals surface area contributed by atoms with Crippen LogP contribution in [-0.4, -0.2) is 10.9 Å². The molecule has 3 aromatic rings. The molecule has 0 saturated carbocycles. The van der Waals surface area contributed by atoms with E-state index in [1.54, 1.807) is 22.7 Å². The van der Waals surface area contributed by atoms with Crippen molar-refractivity contribution in [2.75, 3.05) is 5.32 Å². The summed E-state index contributed by atoms with van der Waals surface area (Å²) in [5, 5.41) is 6.80. The number of nitrogens with one attached hydrogen (secondary N) is 1. The number of hydrogen-bond acceptors (Lipinski definition) is 4. The molecule has 0 bridgehead atoms. The topological polar surface area (TPSA) is 42.0 Å². The van der Waals surface area contributed by atoms with Gasteiger partial charge in [-0.15, -0.1) is 22.7 Å². The lowest BCUT2D eigenvalue weighted by atomic mass is 10.1. The smallest absolute Gasteiger partial charge is 0.230 e. The number of benzene rings is 1. The molecule has 0 atom stereocenters.